The number of aromatic nitrogens is 1. The van der Waals surface area contributed by atoms with Crippen molar-refractivity contribution in [3.8, 4) is 5.75 Å². The number of nitrogens with zero attached hydrogens (tertiary/aromatic N) is 2. The molecule has 0 fully saturated rings. The van der Waals surface area contributed by atoms with E-state index in [0.717, 1.165) is 6.07 Å². The van der Waals surface area contributed by atoms with Gasteiger partial charge in [-0.25, -0.2) is 0 Å². The first-order valence-electron chi connectivity index (χ1n) is 3.89. The minimum atomic E-state index is -0.524. The lowest BCUT2D eigenvalue weighted by Crippen LogP contribution is -1.96. The average Bonchev–Trinajstić information content (AvgIpc) is 2.18. The molecule has 5 heteroatoms. The fraction of sp³-hybridized carbons (Fsp3) is 0. The molecule has 76 valence electrons. The standard InChI is InChI=1S/C9H6N2O3.CH3/c12-8-4-3-7(11(13)14)6-2-1-5-10-9(6)8;/h1-5,12H;1H3/q;+1/p-1. The van der Waals surface area contributed by atoms with Gasteiger partial charge in [-0.15, -0.1) is 0 Å². The van der Waals surface area contributed by atoms with Gasteiger partial charge in [-0.1, -0.05) is 11.8 Å². The van der Waals surface area contributed by atoms with Crippen LogP contribution in [0, 0.1) is 17.5 Å². The maximum absolute atomic E-state index is 11.3. The van der Waals surface area contributed by atoms with Crippen LogP contribution < -0.4 is 5.11 Å². The van der Waals surface area contributed by atoms with Crippen molar-refractivity contribution in [2.45, 2.75) is 0 Å². The Kier molecular flexibility index (Phi) is 2.75. The first-order valence-corrected chi connectivity index (χ1v) is 3.89. The largest absolute Gasteiger partial charge is 0.871 e. The maximum Gasteiger partial charge on any atom is 0.278 e. The number of rotatable bonds is 1. The first-order chi connectivity index (χ1) is 6.70. The first kappa shape index (κ1) is 10.8. The molecule has 1 aromatic carbocycles. The molecule has 0 saturated heterocycles. The Morgan fingerprint density at radius 3 is 2.67 bits per heavy atom. The number of fused-ring (bicyclic) bond motifs is 1. The van der Waals surface area contributed by atoms with Crippen LogP contribution >= 0.6 is 0 Å². The lowest BCUT2D eigenvalue weighted by molar-refractivity contribution is -0.383. The Labute approximate surface area is 86.2 Å². The van der Waals surface area contributed by atoms with Crippen molar-refractivity contribution < 1.29 is 10.0 Å². The smallest absolute Gasteiger partial charge is 0.278 e. The Hall–Kier alpha value is -2.30. The van der Waals surface area contributed by atoms with Crippen LogP contribution in [0.15, 0.2) is 30.5 Å². The molecule has 0 N–H and O–H groups in total. The van der Waals surface area contributed by atoms with Gasteiger partial charge in [-0.05, 0) is 12.1 Å². The van der Waals surface area contributed by atoms with E-state index in [1.165, 1.54) is 18.3 Å². The fourth-order valence-corrected chi connectivity index (χ4v) is 1.29. The highest BCUT2D eigenvalue weighted by molar-refractivity contribution is 5.91. The van der Waals surface area contributed by atoms with Crippen LogP contribution in [-0.4, -0.2) is 9.91 Å². The zero-order valence-electron chi connectivity index (χ0n) is 8.01. The third-order valence-corrected chi connectivity index (χ3v) is 1.91. The second kappa shape index (κ2) is 3.83. The molecule has 0 aliphatic carbocycles. The van der Waals surface area contributed by atoms with E-state index in [1.807, 2.05) is 0 Å². The minimum absolute atomic E-state index is 0. The summed E-state index contributed by atoms with van der Waals surface area (Å²) in [5.41, 5.74) is 0.0504. The quantitative estimate of drug-likeness (QED) is 0.402. The fourth-order valence-electron chi connectivity index (χ4n) is 1.29. The van der Waals surface area contributed by atoms with E-state index in [-0.39, 0.29) is 29.8 Å². The number of nitro benzene ring substituents is 1. The van der Waals surface area contributed by atoms with Crippen LogP contribution in [-0.2, 0) is 0 Å². The van der Waals surface area contributed by atoms with Crippen LogP contribution in [0.4, 0.5) is 5.69 Å². The molecule has 0 amide bonds. The van der Waals surface area contributed by atoms with Crippen molar-refractivity contribution in [2.24, 2.45) is 0 Å². The Morgan fingerprint density at radius 1 is 1.27 bits per heavy atom. The number of hydrogen-bond donors (Lipinski definition) is 0. The Bertz CT molecular complexity index is 511. The highest BCUT2D eigenvalue weighted by Gasteiger charge is 2.11. The minimum Gasteiger partial charge on any atom is -0.871 e. The van der Waals surface area contributed by atoms with Gasteiger partial charge < -0.3 is 5.11 Å². The number of non-ortho nitro benzene ring substituents is 1. The topological polar surface area (TPSA) is 79.1 Å². The van der Waals surface area contributed by atoms with Gasteiger partial charge in [0, 0.05) is 19.7 Å². The van der Waals surface area contributed by atoms with Gasteiger partial charge in [0.2, 0.25) is 0 Å². The normalized spacial score (nSPS) is 9.60. The summed E-state index contributed by atoms with van der Waals surface area (Å²) in [6.45, 7) is 0. The molecule has 0 radical (unpaired) electrons. The van der Waals surface area contributed by atoms with Crippen molar-refractivity contribution in [1.29, 1.82) is 0 Å². The van der Waals surface area contributed by atoms with E-state index in [1.54, 1.807) is 6.07 Å². The predicted octanol–water partition coefficient (Wildman–Crippen LogP) is 1.67. The summed E-state index contributed by atoms with van der Waals surface area (Å²) in [6, 6.07) is 5.44. The molecule has 1 heterocycles. The van der Waals surface area contributed by atoms with Crippen molar-refractivity contribution in [1.82, 2.24) is 4.98 Å². The molecule has 15 heavy (non-hydrogen) atoms. The third-order valence-electron chi connectivity index (χ3n) is 1.91. The van der Waals surface area contributed by atoms with Crippen LogP contribution in [0.1, 0.15) is 0 Å². The molecule has 5 nitrogen and oxygen atoms in total. The van der Waals surface area contributed by atoms with Crippen molar-refractivity contribution in [2.75, 3.05) is 0 Å². The molecule has 2 rings (SSSR count). The number of pyridine rings is 1. The third kappa shape index (κ3) is 1.67. The second-order valence-corrected chi connectivity index (χ2v) is 2.74. The van der Waals surface area contributed by atoms with Gasteiger partial charge in [0.25, 0.3) is 5.69 Å². The molecule has 0 bridgehead atoms. The van der Waals surface area contributed by atoms with Crippen LogP contribution in [0.3, 0.4) is 0 Å². The molecule has 1 aromatic heterocycles. The molecule has 0 spiro atoms. The van der Waals surface area contributed by atoms with Crippen molar-refractivity contribution in [3.05, 3.63) is 48.0 Å². The van der Waals surface area contributed by atoms with Crippen molar-refractivity contribution in [3.63, 3.8) is 0 Å². The zero-order valence-corrected chi connectivity index (χ0v) is 8.01. The number of nitro groups is 1. The summed E-state index contributed by atoms with van der Waals surface area (Å²) in [5, 5.41) is 22.2. The SMILES string of the molecule is O=[N+]([O-])c1ccc([O-])c2ncccc12.[CH3+]. The average molecular weight is 204 g/mol. The summed E-state index contributed by atoms with van der Waals surface area (Å²) in [6.07, 6.45) is 1.44. The monoisotopic (exact) mass is 204 g/mol. The van der Waals surface area contributed by atoms with Gasteiger partial charge in [0.05, 0.1) is 15.8 Å². The predicted molar refractivity (Wildman–Crippen MR) is 54.3 cm³/mol. The Morgan fingerprint density at radius 2 is 2.00 bits per heavy atom. The van der Waals surface area contributed by atoms with Crippen LogP contribution in [0.2, 0.25) is 0 Å². The summed E-state index contributed by atoms with van der Waals surface area (Å²) < 4.78 is 0. The molecule has 0 saturated carbocycles. The summed E-state index contributed by atoms with van der Waals surface area (Å²) >= 11 is 0. The second-order valence-electron chi connectivity index (χ2n) is 2.74. The molecule has 0 unspecified atom stereocenters. The summed E-state index contributed by atoms with van der Waals surface area (Å²) in [4.78, 5) is 13.9. The lowest BCUT2D eigenvalue weighted by Gasteiger charge is -2.08. The van der Waals surface area contributed by atoms with E-state index < -0.39 is 4.92 Å². The van der Waals surface area contributed by atoms with Crippen LogP contribution in [0.5, 0.6) is 5.75 Å². The van der Waals surface area contributed by atoms with E-state index in [0.29, 0.717) is 0 Å². The lowest BCUT2D eigenvalue weighted by atomic mass is 10.2. The van der Waals surface area contributed by atoms with Gasteiger partial charge >= 0.3 is 0 Å². The zero-order chi connectivity index (χ0) is 10.1. The number of benzene rings is 1. The van der Waals surface area contributed by atoms with E-state index >= 15 is 0 Å². The van der Waals surface area contributed by atoms with Gasteiger partial charge in [0.1, 0.15) is 0 Å². The highest BCUT2D eigenvalue weighted by atomic mass is 16.6. The van der Waals surface area contributed by atoms with Crippen LogP contribution in [0.25, 0.3) is 10.9 Å². The molecule has 0 aliphatic rings. The van der Waals surface area contributed by atoms with E-state index in [4.69, 9.17) is 0 Å². The van der Waals surface area contributed by atoms with E-state index in [9.17, 15) is 15.2 Å². The maximum atomic E-state index is 11.3. The summed E-state index contributed by atoms with van der Waals surface area (Å²) in [5.74, 6) is -0.300. The molecule has 2 aromatic rings. The molecular weight excluding hydrogens is 196 g/mol. The Balaban J connectivity index is 0.00000112. The molecular formula is C10H8N2O3. The molecule has 0 aliphatic heterocycles. The van der Waals surface area contributed by atoms with Crippen molar-refractivity contribution >= 4 is 16.6 Å². The van der Waals surface area contributed by atoms with Gasteiger partial charge in [-0.2, -0.15) is 0 Å². The number of hydrogen-bond acceptors (Lipinski definition) is 4. The summed E-state index contributed by atoms with van der Waals surface area (Å²) in [7, 11) is 0. The highest BCUT2D eigenvalue weighted by Crippen LogP contribution is 2.28. The van der Waals surface area contributed by atoms with Gasteiger partial charge in [-0.3, -0.25) is 15.1 Å². The van der Waals surface area contributed by atoms with Gasteiger partial charge in [0.15, 0.2) is 0 Å². The molecule has 0 atom stereocenters. The van der Waals surface area contributed by atoms with E-state index in [2.05, 4.69) is 4.98 Å².